The van der Waals surface area contributed by atoms with Crippen LogP contribution in [0.3, 0.4) is 0 Å². The maximum absolute atomic E-state index is 14.5. The first-order valence-electron chi connectivity index (χ1n) is 8.51. The fraction of sp³-hybridized carbons (Fsp3) is 0.412. The molecule has 8 nitrogen and oxygen atoms in total. The molecule has 0 aliphatic heterocycles. The Morgan fingerprint density at radius 1 is 1.27 bits per heavy atom. The molecule has 1 aromatic heterocycles. The van der Waals surface area contributed by atoms with Crippen molar-refractivity contribution in [3.05, 3.63) is 41.6 Å². The molecule has 0 unspecified atom stereocenters. The van der Waals surface area contributed by atoms with Crippen LogP contribution in [0, 0.1) is 5.82 Å². The standard InChI is InChI=1S/C17H26FN7O/c1-22-13-4-2-3-5-14(13)24-17-12(18)8-11(15(21)26)16(25-17)23-10(9-20)6-7-19/h6-9,13-14,22H,2-5,19-20H2,1H3,(H2,21,26)(H2,23,24,25)/b7-6-,10-9+/t13-,14+/m0/s1. The molecule has 2 atom stereocenters. The van der Waals surface area contributed by atoms with Crippen LogP contribution in [-0.4, -0.2) is 30.0 Å². The van der Waals surface area contributed by atoms with Gasteiger partial charge in [0.25, 0.3) is 5.91 Å². The number of aromatic nitrogens is 1. The number of amides is 1. The Hall–Kier alpha value is -2.81. The zero-order valence-corrected chi connectivity index (χ0v) is 14.8. The van der Waals surface area contributed by atoms with Crippen molar-refractivity contribution in [2.24, 2.45) is 17.2 Å². The molecule has 2 rings (SSSR count). The quantitative estimate of drug-likeness (QED) is 0.396. The number of nitrogens with two attached hydrogens (primary N) is 3. The molecule has 9 N–H and O–H groups in total. The highest BCUT2D eigenvalue weighted by molar-refractivity contribution is 5.98. The molecule has 1 aliphatic rings. The van der Waals surface area contributed by atoms with Crippen LogP contribution in [0.5, 0.6) is 0 Å². The van der Waals surface area contributed by atoms with Crippen LogP contribution < -0.4 is 33.2 Å². The molecule has 1 aromatic rings. The lowest BCUT2D eigenvalue weighted by Gasteiger charge is -2.32. The summed E-state index contributed by atoms with van der Waals surface area (Å²) in [5.74, 6) is -1.28. The van der Waals surface area contributed by atoms with Crippen molar-refractivity contribution in [3.8, 4) is 0 Å². The zero-order chi connectivity index (χ0) is 19.1. The first-order valence-corrected chi connectivity index (χ1v) is 8.51. The van der Waals surface area contributed by atoms with E-state index < -0.39 is 11.7 Å². The third kappa shape index (κ3) is 4.63. The van der Waals surface area contributed by atoms with E-state index in [-0.39, 0.29) is 29.3 Å². The smallest absolute Gasteiger partial charge is 0.252 e. The lowest BCUT2D eigenvalue weighted by atomic mass is 9.90. The second-order valence-corrected chi connectivity index (χ2v) is 6.12. The van der Waals surface area contributed by atoms with Gasteiger partial charge in [0.2, 0.25) is 0 Å². The van der Waals surface area contributed by atoms with Gasteiger partial charge in [0.1, 0.15) is 5.82 Å². The second-order valence-electron chi connectivity index (χ2n) is 6.12. The van der Waals surface area contributed by atoms with Crippen molar-refractivity contribution in [2.75, 3.05) is 17.7 Å². The number of carbonyl (C=O) groups excluding carboxylic acids is 1. The van der Waals surface area contributed by atoms with E-state index in [9.17, 15) is 9.18 Å². The number of nitrogens with zero attached hydrogens (tertiary/aromatic N) is 1. The van der Waals surface area contributed by atoms with Crippen molar-refractivity contribution in [1.82, 2.24) is 10.3 Å². The van der Waals surface area contributed by atoms with E-state index >= 15 is 0 Å². The number of allylic oxidation sites excluding steroid dienone is 1. The fourth-order valence-corrected chi connectivity index (χ4v) is 3.08. The van der Waals surface area contributed by atoms with Gasteiger partial charge >= 0.3 is 0 Å². The lowest BCUT2D eigenvalue weighted by molar-refractivity contribution is 0.100. The molecule has 1 fully saturated rings. The van der Waals surface area contributed by atoms with Gasteiger partial charge < -0.3 is 33.2 Å². The molecule has 0 aromatic carbocycles. The van der Waals surface area contributed by atoms with Crippen LogP contribution in [0.25, 0.3) is 0 Å². The first-order chi connectivity index (χ1) is 12.5. The summed E-state index contributed by atoms with van der Waals surface area (Å²) in [6.07, 6.45) is 8.11. The summed E-state index contributed by atoms with van der Waals surface area (Å²) in [5.41, 5.74) is 16.5. The summed E-state index contributed by atoms with van der Waals surface area (Å²) < 4.78 is 14.5. The average molecular weight is 363 g/mol. The average Bonchev–Trinajstić information content (AvgIpc) is 2.63. The van der Waals surface area contributed by atoms with Crippen molar-refractivity contribution in [3.63, 3.8) is 0 Å². The number of hydrogen-bond acceptors (Lipinski definition) is 7. The Balaban J connectivity index is 2.34. The highest BCUT2D eigenvalue weighted by Crippen LogP contribution is 2.26. The molecule has 0 radical (unpaired) electrons. The Morgan fingerprint density at radius 2 is 1.96 bits per heavy atom. The zero-order valence-electron chi connectivity index (χ0n) is 14.8. The van der Waals surface area contributed by atoms with E-state index in [0.717, 1.165) is 31.7 Å². The molecule has 0 spiro atoms. The van der Waals surface area contributed by atoms with Gasteiger partial charge in [-0.1, -0.05) is 12.8 Å². The van der Waals surface area contributed by atoms with Gasteiger partial charge in [-0.25, -0.2) is 9.37 Å². The summed E-state index contributed by atoms with van der Waals surface area (Å²) >= 11 is 0. The van der Waals surface area contributed by atoms with Crippen LogP contribution in [0.2, 0.25) is 0 Å². The largest absolute Gasteiger partial charge is 0.405 e. The number of rotatable bonds is 7. The van der Waals surface area contributed by atoms with Crippen LogP contribution in [-0.2, 0) is 0 Å². The van der Waals surface area contributed by atoms with E-state index in [4.69, 9.17) is 17.2 Å². The number of pyridine rings is 1. The maximum atomic E-state index is 14.5. The van der Waals surface area contributed by atoms with Crippen LogP contribution in [0.15, 0.2) is 30.2 Å². The summed E-state index contributed by atoms with van der Waals surface area (Å²) in [7, 11) is 1.88. The highest BCUT2D eigenvalue weighted by Gasteiger charge is 2.26. The molecule has 1 amide bonds. The van der Waals surface area contributed by atoms with E-state index in [1.807, 2.05) is 7.05 Å². The first kappa shape index (κ1) is 19.5. The summed E-state index contributed by atoms with van der Waals surface area (Å²) in [6, 6.07) is 1.32. The second kappa shape index (κ2) is 9.04. The number of anilines is 2. The van der Waals surface area contributed by atoms with Gasteiger partial charge in [-0.3, -0.25) is 4.79 Å². The molecule has 1 heterocycles. The van der Waals surface area contributed by atoms with Crippen molar-refractivity contribution in [2.45, 2.75) is 37.8 Å². The summed E-state index contributed by atoms with van der Waals surface area (Å²) in [6.45, 7) is 0. The predicted molar refractivity (Wildman–Crippen MR) is 101 cm³/mol. The van der Waals surface area contributed by atoms with E-state index in [1.165, 1.54) is 18.5 Å². The Morgan fingerprint density at radius 3 is 2.54 bits per heavy atom. The van der Waals surface area contributed by atoms with Crippen molar-refractivity contribution >= 4 is 17.5 Å². The fourth-order valence-electron chi connectivity index (χ4n) is 3.08. The highest BCUT2D eigenvalue weighted by atomic mass is 19.1. The molecule has 1 aliphatic carbocycles. The number of carbonyl (C=O) groups is 1. The Labute approximate surface area is 152 Å². The topological polar surface area (TPSA) is 144 Å². The normalized spacial score (nSPS) is 20.9. The van der Waals surface area contributed by atoms with Gasteiger partial charge in [-0.05, 0) is 38.2 Å². The van der Waals surface area contributed by atoms with Gasteiger partial charge in [0.15, 0.2) is 11.6 Å². The number of halogens is 1. The van der Waals surface area contributed by atoms with Gasteiger partial charge in [-0.2, -0.15) is 0 Å². The molecule has 0 bridgehead atoms. The molecular formula is C17H26FN7O. The van der Waals surface area contributed by atoms with E-state index in [2.05, 4.69) is 20.9 Å². The molecular weight excluding hydrogens is 337 g/mol. The Kier molecular flexibility index (Phi) is 6.79. The van der Waals surface area contributed by atoms with Crippen LogP contribution >= 0.6 is 0 Å². The predicted octanol–water partition coefficient (Wildman–Crippen LogP) is 0.946. The number of likely N-dealkylation sites (N-methyl/N-ethyl adjacent to an activating group) is 1. The van der Waals surface area contributed by atoms with E-state index in [0.29, 0.717) is 5.70 Å². The Bertz CT molecular complexity index is 705. The van der Waals surface area contributed by atoms with E-state index in [1.54, 1.807) is 0 Å². The third-order valence-electron chi connectivity index (χ3n) is 4.42. The number of primary amides is 1. The van der Waals surface area contributed by atoms with Crippen LogP contribution in [0.4, 0.5) is 16.0 Å². The minimum Gasteiger partial charge on any atom is -0.405 e. The van der Waals surface area contributed by atoms with Crippen LogP contribution in [0.1, 0.15) is 36.0 Å². The molecule has 0 saturated heterocycles. The molecule has 1 saturated carbocycles. The number of hydrogen-bond donors (Lipinski definition) is 6. The minimum atomic E-state index is -0.802. The van der Waals surface area contributed by atoms with Gasteiger partial charge in [-0.15, -0.1) is 0 Å². The van der Waals surface area contributed by atoms with Crippen molar-refractivity contribution in [1.29, 1.82) is 0 Å². The lowest BCUT2D eigenvalue weighted by Crippen LogP contribution is -2.45. The van der Waals surface area contributed by atoms with Crippen molar-refractivity contribution < 1.29 is 9.18 Å². The van der Waals surface area contributed by atoms with Gasteiger partial charge in [0, 0.05) is 18.3 Å². The molecule has 9 heteroatoms. The summed E-state index contributed by atoms with van der Waals surface area (Å²) in [5, 5.41) is 9.24. The maximum Gasteiger partial charge on any atom is 0.252 e. The molecule has 142 valence electrons. The summed E-state index contributed by atoms with van der Waals surface area (Å²) in [4.78, 5) is 15.9. The number of nitrogens with one attached hydrogen (secondary N) is 3. The molecule has 26 heavy (non-hydrogen) atoms. The SMILES string of the molecule is CN[C@H]1CCCC[C@H]1Nc1nc(NC(/C=C\N)=C/N)c(C(N)=O)cc1F. The van der Waals surface area contributed by atoms with Gasteiger partial charge in [0.05, 0.1) is 11.3 Å². The third-order valence-corrected chi connectivity index (χ3v) is 4.42. The minimum absolute atomic E-state index is 0.0384. The monoisotopic (exact) mass is 363 g/mol.